The first-order valence-corrected chi connectivity index (χ1v) is 15.2. The molecule has 15 heteroatoms. The number of thiazole rings is 1. The van der Waals surface area contributed by atoms with Gasteiger partial charge in [0.1, 0.15) is 22.1 Å². The summed E-state index contributed by atoms with van der Waals surface area (Å²) >= 11 is 7.75. The van der Waals surface area contributed by atoms with E-state index in [9.17, 15) is 29.4 Å². The normalized spacial score (nSPS) is 19.4. The van der Waals surface area contributed by atoms with Crippen molar-refractivity contribution >= 4 is 51.5 Å². The zero-order valence-electron chi connectivity index (χ0n) is 25.1. The molecule has 2 heterocycles. The van der Waals surface area contributed by atoms with Crippen molar-refractivity contribution in [2.45, 2.75) is 31.3 Å². The highest BCUT2D eigenvalue weighted by atomic mass is 35.5. The van der Waals surface area contributed by atoms with Crippen molar-refractivity contribution in [2.24, 2.45) is 5.92 Å². The summed E-state index contributed by atoms with van der Waals surface area (Å²) in [5, 5.41) is 29.3. The minimum absolute atomic E-state index is 0.0304. The predicted molar refractivity (Wildman–Crippen MR) is 166 cm³/mol. The number of phenolic OH excluding ortho intramolecular Hbond substituents is 1. The number of hydrogen-bond acceptors (Lipinski definition) is 12. The molecule has 2 aliphatic rings. The summed E-state index contributed by atoms with van der Waals surface area (Å²) in [5.74, 6) is -5.12. The third-order valence-electron chi connectivity index (χ3n) is 7.98. The molecule has 0 bridgehead atoms. The number of benzene rings is 2. The summed E-state index contributed by atoms with van der Waals surface area (Å²) < 4.78 is 22.2. The summed E-state index contributed by atoms with van der Waals surface area (Å²) in [4.78, 5) is 57.6. The van der Waals surface area contributed by atoms with Gasteiger partial charge >= 0.3 is 0 Å². The fourth-order valence-corrected chi connectivity index (χ4v) is 6.53. The van der Waals surface area contributed by atoms with Crippen molar-refractivity contribution in [1.29, 1.82) is 0 Å². The number of ketones is 2. The molecule has 1 spiro atoms. The van der Waals surface area contributed by atoms with E-state index in [-0.39, 0.29) is 51.3 Å². The maximum Gasteiger partial charge on any atom is 0.245 e. The van der Waals surface area contributed by atoms with Crippen molar-refractivity contribution in [3.63, 3.8) is 0 Å². The van der Waals surface area contributed by atoms with Crippen LogP contribution in [-0.4, -0.2) is 72.1 Å². The fraction of sp³-hybridized carbons (Fsp3) is 0.323. The summed E-state index contributed by atoms with van der Waals surface area (Å²) in [6.07, 6.45) is 0.842. The molecule has 4 N–H and O–H groups in total. The van der Waals surface area contributed by atoms with Crippen molar-refractivity contribution in [3.05, 3.63) is 63.3 Å². The lowest BCUT2D eigenvalue weighted by Gasteiger charge is -2.38. The number of Topliss-reactive ketones (excluding diaryl/α,β-unsaturated/α-hetero) is 2. The summed E-state index contributed by atoms with van der Waals surface area (Å²) in [7, 11) is 4.05. The number of amides is 2. The van der Waals surface area contributed by atoms with E-state index in [1.54, 1.807) is 12.3 Å². The Balaban J connectivity index is 1.57. The fourth-order valence-electron chi connectivity index (χ4n) is 5.72. The monoisotopic (exact) mass is 671 g/mol. The maximum atomic E-state index is 14.2. The molecule has 3 aromatic rings. The number of carbonyl (C=O) groups is 4. The number of rotatable bonds is 10. The van der Waals surface area contributed by atoms with Gasteiger partial charge in [0.2, 0.25) is 23.2 Å². The number of allylic oxidation sites excluding steroid dienone is 1. The van der Waals surface area contributed by atoms with Crippen LogP contribution in [0.25, 0.3) is 0 Å². The highest BCUT2D eigenvalue weighted by Crippen LogP contribution is 2.56. The van der Waals surface area contributed by atoms with Gasteiger partial charge < -0.3 is 39.8 Å². The first-order chi connectivity index (χ1) is 22.0. The minimum atomic E-state index is -2.09. The molecule has 1 aliphatic heterocycles. The van der Waals surface area contributed by atoms with E-state index in [0.29, 0.717) is 10.7 Å². The Labute approximate surface area is 272 Å². The number of aromatic hydroxyl groups is 1. The van der Waals surface area contributed by atoms with Crippen LogP contribution >= 0.6 is 22.9 Å². The Morgan fingerprint density at radius 3 is 2.48 bits per heavy atom. The van der Waals surface area contributed by atoms with Gasteiger partial charge in [0, 0.05) is 47.9 Å². The van der Waals surface area contributed by atoms with Crippen LogP contribution in [0, 0.1) is 5.92 Å². The van der Waals surface area contributed by atoms with E-state index in [1.165, 1.54) is 63.1 Å². The molecule has 0 saturated heterocycles. The van der Waals surface area contributed by atoms with Gasteiger partial charge in [-0.15, -0.1) is 11.3 Å². The van der Waals surface area contributed by atoms with E-state index in [4.69, 9.17) is 30.5 Å². The largest absolute Gasteiger partial charge is 0.507 e. The number of carbonyl (C=O) groups excluding carboxylic acids is 4. The van der Waals surface area contributed by atoms with Gasteiger partial charge in [0.25, 0.3) is 0 Å². The number of phenols is 1. The number of anilines is 1. The van der Waals surface area contributed by atoms with Crippen molar-refractivity contribution < 1.29 is 48.3 Å². The molecule has 3 atom stereocenters. The second-order valence-corrected chi connectivity index (χ2v) is 11.9. The lowest BCUT2D eigenvalue weighted by Crippen LogP contribution is -2.53. The summed E-state index contributed by atoms with van der Waals surface area (Å²) in [5.41, 5.74) is -2.07. The molecule has 1 unspecified atom stereocenters. The number of aliphatic hydroxyl groups is 1. The molecule has 2 aromatic carbocycles. The van der Waals surface area contributed by atoms with Crippen LogP contribution in [0.15, 0.2) is 47.2 Å². The average Bonchev–Trinajstić information content (AvgIpc) is 3.66. The first kappa shape index (κ1) is 32.6. The second kappa shape index (κ2) is 12.9. The summed E-state index contributed by atoms with van der Waals surface area (Å²) in [6, 6.07) is 5.60. The molecule has 0 fully saturated rings. The number of hydrogen-bond donors (Lipinski definition) is 4. The third kappa shape index (κ3) is 5.58. The molecule has 0 radical (unpaired) electrons. The Bertz CT molecular complexity index is 1760. The smallest absolute Gasteiger partial charge is 0.245 e. The number of halogens is 1. The molecule has 2 amide bonds. The zero-order chi connectivity index (χ0) is 33.3. The highest BCUT2D eigenvalue weighted by molar-refractivity contribution is 7.13. The number of aliphatic hydroxyl groups excluding tert-OH is 1. The van der Waals surface area contributed by atoms with Crippen LogP contribution in [-0.2, 0) is 14.4 Å². The van der Waals surface area contributed by atoms with Gasteiger partial charge in [-0.1, -0.05) is 24.6 Å². The standard InChI is InChI=1S/C31H30ClN3O10S/c1-14-9-18(37)24(28(40)31(14)29(41)25-20(43-3)12-21(44-4)26(32)27(25)45-31)16(15-5-6-17(36)19(10-15)42-2)11-22(38)34-13-23(39)35-30-33-7-8-46-30/h5-8,10,12,14,16,36,40H,9,11,13H2,1-4H3,(H,34,38)(H,33,35,39)/t14-,16?,31+/m1/s1. The number of nitrogens with zero attached hydrogens (tertiary/aromatic N) is 1. The number of nitrogens with one attached hydrogen (secondary N) is 2. The molecule has 13 nitrogen and oxygen atoms in total. The van der Waals surface area contributed by atoms with E-state index in [1.807, 2.05) is 0 Å². The van der Waals surface area contributed by atoms with E-state index < -0.39 is 59.5 Å². The number of methoxy groups -OCH3 is 3. The topological polar surface area (TPSA) is 183 Å². The van der Waals surface area contributed by atoms with E-state index in [0.717, 1.165) is 0 Å². The number of ether oxygens (including phenoxy) is 4. The molecular formula is C31H30ClN3O10S. The van der Waals surface area contributed by atoms with Gasteiger partial charge in [0.05, 0.1) is 27.9 Å². The Morgan fingerprint density at radius 2 is 1.83 bits per heavy atom. The van der Waals surface area contributed by atoms with Crippen LogP contribution in [0.4, 0.5) is 5.13 Å². The SMILES string of the molecule is COc1cc(C(CC(=O)NCC(=O)Nc2nccs2)C2=C(O)[C@@]3(Oc4c(Cl)c(OC)cc(OC)c4C3=O)[C@H](C)CC2=O)ccc1O. The number of aromatic nitrogens is 1. The molecule has 5 rings (SSSR count). The van der Waals surface area contributed by atoms with Crippen LogP contribution in [0.3, 0.4) is 0 Å². The molecule has 242 valence electrons. The molecular weight excluding hydrogens is 642 g/mol. The maximum absolute atomic E-state index is 14.2. The van der Waals surface area contributed by atoms with Crippen molar-refractivity contribution in [1.82, 2.24) is 10.3 Å². The van der Waals surface area contributed by atoms with Gasteiger partial charge in [-0.25, -0.2) is 4.98 Å². The second-order valence-electron chi connectivity index (χ2n) is 10.6. The van der Waals surface area contributed by atoms with Gasteiger partial charge in [-0.05, 0) is 17.7 Å². The Kier molecular flexibility index (Phi) is 9.13. The molecule has 1 aromatic heterocycles. The quantitative estimate of drug-likeness (QED) is 0.242. The lowest BCUT2D eigenvalue weighted by molar-refractivity contribution is -0.124. The predicted octanol–water partition coefficient (Wildman–Crippen LogP) is 4.19. The molecule has 46 heavy (non-hydrogen) atoms. The summed E-state index contributed by atoms with van der Waals surface area (Å²) in [6.45, 7) is 1.18. The average molecular weight is 672 g/mol. The van der Waals surface area contributed by atoms with Crippen LogP contribution in [0.1, 0.15) is 41.6 Å². The zero-order valence-corrected chi connectivity index (χ0v) is 26.7. The van der Waals surface area contributed by atoms with Gasteiger partial charge in [0.15, 0.2) is 33.9 Å². The van der Waals surface area contributed by atoms with E-state index in [2.05, 4.69) is 15.6 Å². The van der Waals surface area contributed by atoms with Crippen LogP contribution in [0.2, 0.25) is 5.02 Å². The number of fused-ring (bicyclic) bond motifs is 1. The molecule has 0 saturated carbocycles. The minimum Gasteiger partial charge on any atom is -0.507 e. The molecule has 1 aliphatic carbocycles. The van der Waals surface area contributed by atoms with E-state index >= 15 is 0 Å². The highest BCUT2D eigenvalue weighted by Gasteiger charge is 2.61. The third-order valence-corrected chi connectivity index (χ3v) is 9.03. The van der Waals surface area contributed by atoms with Crippen LogP contribution < -0.4 is 29.6 Å². The van der Waals surface area contributed by atoms with Crippen molar-refractivity contribution in [2.75, 3.05) is 33.2 Å². The lowest BCUT2D eigenvalue weighted by atomic mass is 9.69. The van der Waals surface area contributed by atoms with Crippen molar-refractivity contribution in [3.8, 4) is 28.7 Å². The van der Waals surface area contributed by atoms with Crippen LogP contribution in [0.5, 0.6) is 28.7 Å². The Morgan fingerprint density at radius 1 is 1.11 bits per heavy atom. The Hall–Kier alpha value is -4.82. The first-order valence-electron chi connectivity index (χ1n) is 13.9. The van der Waals surface area contributed by atoms with Gasteiger partial charge in [-0.3, -0.25) is 19.2 Å². The van der Waals surface area contributed by atoms with Gasteiger partial charge in [-0.2, -0.15) is 0 Å².